The van der Waals surface area contributed by atoms with Crippen LogP contribution in [0.25, 0.3) is 27.8 Å². The quantitative estimate of drug-likeness (QED) is 0.0807. The minimum Gasteiger partial charge on any atom is -0.203 e. The van der Waals surface area contributed by atoms with E-state index in [1.165, 1.54) is 70.6 Å². The Morgan fingerprint density at radius 1 is 0.612 bits per heavy atom. The maximum absolute atomic E-state index is 15.5. The van der Waals surface area contributed by atoms with Crippen molar-refractivity contribution in [3.8, 4) is 22.3 Å². The maximum Gasteiger partial charge on any atom is 0.167 e. The van der Waals surface area contributed by atoms with E-state index in [0.717, 1.165) is 55.9 Å². The van der Waals surface area contributed by atoms with Gasteiger partial charge in [-0.1, -0.05) is 131 Å². The van der Waals surface area contributed by atoms with E-state index < -0.39 is 23.3 Å². The van der Waals surface area contributed by atoms with Gasteiger partial charge in [-0.3, -0.25) is 0 Å². The van der Waals surface area contributed by atoms with Crippen LogP contribution in [0.4, 0.5) is 17.6 Å². The van der Waals surface area contributed by atoms with Crippen LogP contribution in [0.3, 0.4) is 0 Å². The first-order chi connectivity index (χ1) is 23.9. The summed E-state index contributed by atoms with van der Waals surface area (Å²) in [5, 5.41) is 0. The summed E-state index contributed by atoms with van der Waals surface area (Å²) in [5.41, 5.74) is 3.00. The molecule has 0 N–H and O–H groups in total. The monoisotopic (exact) mass is 672 g/mol. The van der Waals surface area contributed by atoms with Crippen LogP contribution >= 0.6 is 0 Å². The molecule has 0 bridgehead atoms. The Bertz CT molecular complexity index is 1540. The summed E-state index contributed by atoms with van der Waals surface area (Å²) in [6, 6.07) is 13.2. The van der Waals surface area contributed by atoms with Gasteiger partial charge in [0.25, 0.3) is 0 Å². The first kappa shape index (κ1) is 37.1. The Morgan fingerprint density at radius 3 is 1.80 bits per heavy atom. The molecule has 0 spiro atoms. The lowest BCUT2D eigenvalue weighted by Gasteiger charge is -2.35. The molecule has 0 nitrogen and oxygen atoms in total. The van der Waals surface area contributed by atoms with E-state index in [1.54, 1.807) is 48.5 Å². The van der Waals surface area contributed by atoms with Gasteiger partial charge in [-0.15, -0.1) is 0 Å². The van der Waals surface area contributed by atoms with Gasteiger partial charge in [0.15, 0.2) is 23.3 Å². The summed E-state index contributed by atoms with van der Waals surface area (Å²) < 4.78 is 61.2. The summed E-state index contributed by atoms with van der Waals surface area (Å²) in [7, 11) is 0. The van der Waals surface area contributed by atoms with Crippen molar-refractivity contribution < 1.29 is 17.6 Å². The van der Waals surface area contributed by atoms with Gasteiger partial charge < -0.3 is 0 Å². The molecule has 1 saturated carbocycles. The molecule has 264 valence electrons. The number of allylic oxidation sites excluding steroid dienone is 4. The predicted octanol–water partition coefficient (Wildman–Crippen LogP) is 14.6. The molecule has 4 heteroatoms. The fourth-order valence-corrected chi connectivity index (χ4v) is 8.28. The van der Waals surface area contributed by atoms with Crippen molar-refractivity contribution in [2.75, 3.05) is 0 Å². The third-order valence-corrected chi connectivity index (χ3v) is 11.4. The van der Waals surface area contributed by atoms with Crippen molar-refractivity contribution in [1.82, 2.24) is 0 Å². The van der Waals surface area contributed by atoms with Crippen LogP contribution in [0, 0.1) is 41.0 Å². The van der Waals surface area contributed by atoms with Crippen LogP contribution in [0.1, 0.15) is 134 Å². The lowest BCUT2D eigenvalue weighted by atomic mass is 9.70. The third-order valence-electron chi connectivity index (χ3n) is 11.4. The minimum absolute atomic E-state index is 0.167. The van der Waals surface area contributed by atoms with E-state index in [-0.39, 0.29) is 11.1 Å². The molecule has 1 atom stereocenters. The highest BCUT2D eigenvalue weighted by Crippen LogP contribution is 2.43. The molecule has 2 aliphatic carbocycles. The topological polar surface area (TPSA) is 0 Å². The van der Waals surface area contributed by atoms with Crippen LogP contribution in [-0.2, 0) is 6.42 Å². The Balaban J connectivity index is 1.17. The molecule has 5 rings (SSSR count). The lowest BCUT2D eigenvalue weighted by Crippen LogP contribution is -2.23. The molecule has 2 aliphatic rings. The number of rotatable bonds is 16. The average molecular weight is 673 g/mol. The van der Waals surface area contributed by atoms with Gasteiger partial charge in [0.2, 0.25) is 0 Å². The van der Waals surface area contributed by atoms with Crippen molar-refractivity contribution >= 4 is 5.57 Å². The highest BCUT2D eigenvalue weighted by atomic mass is 19.2. The van der Waals surface area contributed by atoms with E-state index in [2.05, 4.69) is 32.1 Å². The number of aryl methyl sites for hydroxylation is 1. The molecule has 0 amide bonds. The van der Waals surface area contributed by atoms with Crippen LogP contribution < -0.4 is 0 Å². The van der Waals surface area contributed by atoms with E-state index in [4.69, 9.17) is 0 Å². The SMILES string of the molecule is C/C=C/CCC1CCC(C2CC=C(c3ccc(-c4ccc(-c5ccc(CCCCCCCCCC)c(F)c5F)cc4)c(F)c3F)CC2)CC1. The fourth-order valence-electron chi connectivity index (χ4n) is 8.28. The largest absolute Gasteiger partial charge is 0.203 e. The molecule has 49 heavy (non-hydrogen) atoms. The molecule has 1 fully saturated rings. The molecule has 3 aromatic rings. The fraction of sp³-hybridized carbons (Fsp3) is 0.511. The van der Waals surface area contributed by atoms with Crippen molar-refractivity contribution in [2.24, 2.45) is 17.8 Å². The van der Waals surface area contributed by atoms with E-state index in [9.17, 15) is 0 Å². The molecular weight excluding hydrogens is 616 g/mol. The molecule has 1 unspecified atom stereocenters. The molecule has 0 saturated heterocycles. The van der Waals surface area contributed by atoms with E-state index >= 15 is 17.6 Å². The smallest absolute Gasteiger partial charge is 0.167 e. The van der Waals surface area contributed by atoms with Crippen LogP contribution in [0.2, 0.25) is 0 Å². The number of benzene rings is 3. The number of hydrogen-bond donors (Lipinski definition) is 0. The van der Waals surface area contributed by atoms with Gasteiger partial charge in [-0.2, -0.15) is 0 Å². The zero-order valence-electron chi connectivity index (χ0n) is 29.8. The summed E-state index contributed by atoms with van der Waals surface area (Å²) in [4.78, 5) is 0. The molecule has 0 aromatic heterocycles. The second kappa shape index (κ2) is 18.7. The Hall–Kier alpha value is -3.14. The molecular formula is C45H56F4. The third kappa shape index (κ3) is 9.77. The molecule has 0 radical (unpaired) electrons. The minimum atomic E-state index is -0.868. The Labute approximate surface area is 293 Å². The normalized spacial score (nSPS) is 19.8. The summed E-state index contributed by atoms with van der Waals surface area (Å²) in [5.74, 6) is -1.11. The Morgan fingerprint density at radius 2 is 1.18 bits per heavy atom. The van der Waals surface area contributed by atoms with E-state index in [0.29, 0.717) is 34.6 Å². The molecule has 0 aliphatic heterocycles. The zero-order valence-corrected chi connectivity index (χ0v) is 29.8. The second-order valence-corrected chi connectivity index (χ2v) is 14.7. The summed E-state index contributed by atoms with van der Waals surface area (Å²) in [6.45, 7) is 4.29. The van der Waals surface area contributed by atoms with Gasteiger partial charge in [0, 0.05) is 16.7 Å². The lowest BCUT2D eigenvalue weighted by molar-refractivity contribution is 0.190. The highest BCUT2D eigenvalue weighted by Gasteiger charge is 2.29. The second-order valence-electron chi connectivity index (χ2n) is 14.7. The summed E-state index contributed by atoms with van der Waals surface area (Å²) in [6.07, 6.45) is 26.7. The van der Waals surface area contributed by atoms with Crippen molar-refractivity contribution in [1.29, 1.82) is 0 Å². The van der Waals surface area contributed by atoms with Crippen LogP contribution in [-0.4, -0.2) is 0 Å². The van der Waals surface area contributed by atoms with Gasteiger partial charge in [0.05, 0.1) is 0 Å². The average Bonchev–Trinajstić information content (AvgIpc) is 3.13. The van der Waals surface area contributed by atoms with Crippen molar-refractivity contribution in [3.63, 3.8) is 0 Å². The van der Waals surface area contributed by atoms with Gasteiger partial charge in [-0.05, 0) is 105 Å². The Kier molecular flexibility index (Phi) is 14.2. The zero-order chi connectivity index (χ0) is 34.6. The standard InChI is InChI=1S/C45H56F4/c1-3-5-7-8-9-10-11-13-15-38-28-29-39(43(47)42(38)46)36-24-26-37(27-25-36)41-31-30-40(44(48)45(41)49)35-22-20-34(21-23-35)33-18-16-32(17-19-33)14-12-6-4-2/h4,6,22,24-34H,3,5,7-21,23H2,1-2H3/b6-4+. The number of hydrogen-bond acceptors (Lipinski definition) is 0. The highest BCUT2D eigenvalue weighted by molar-refractivity contribution is 5.74. The van der Waals surface area contributed by atoms with Gasteiger partial charge in [0.1, 0.15) is 0 Å². The molecule has 3 aromatic carbocycles. The first-order valence-corrected chi connectivity index (χ1v) is 19.3. The van der Waals surface area contributed by atoms with Gasteiger partial charge >= 0.3 is 0 Å². The van der Waals surface area contributed by atoms with E-state index in [1.807, 2.05) is 0 Å². The summed E-state index contributed by atoms with van der Waals surface area (Å²) >= 11 is 0. The number of unbranched alkanes of at least 4 members (excludes halogenated alkanes) is 7. The van der Waals surface area contributed by atoms with Gasteiger partial charge in [-0.25, -0.2) is 17.6 Å². The predicted molar refractivity (Wildman–Crippen MR) is 198 cm³/mol. The van der Waals surface area contributed by atoms with Crippen LogP contribution in [0.15, 0.2) is 66.8 Å². The molecule has 0 heterocycles. The first-order valence-electron chi connectivity index (χ1n) is 19.3. The maximum atomic E-state index is 15.5. The van der Waals surface area contributed by atoms with Crippen molar-refractivity contribution in [2.45, 2.75) is 129 Å². The van der Waals surface area contributed by atoms with Crippen LogP contribution in [0.5, 0.6) is 0 Å². The number of halogens is 4. The van der Waals surface area contributed by atoms with Crippen molar-refractivity contribution in [3.05, 3.63) is 101 Å².